The first kappa shape index (κ1) is 9.25. The predicted octanol–water partition coefficient (Wildman–Crippen LogP) is 2.55. The number of aryl methyl sites for hydroxylation is 1. The Morgan fingerprint density at radius 2 is 1.86 bits per heavy atom. The second kappa shape index (κ2) is 3.12. The van der Waals surface area contributed by atoms with Gasteiger partial charge in [-0.1, -0.05) is 17.7 Å². The number of hydrogen-bond donors (Lipinski definition) is 0. The van der Waals surface area contributed by atoms with Gasteiger partial charge >= 0.3 is 0 Å². The van der Waals surface area contributed by atoms with Crippen molar-refractivity contribution < 1.29 is 4.74 Å². The van der Waals surface area contributed by atoms with Crippen molar-refractivity contribution in [3.63, 3.8) is 0 Å². The second-order valence-corrected chi connectivity index (χ2v) is 4.38. The van der Waals surface area contributed by atoms with Crippen molar-refractivity contribution in [2.24, 2.45) is 4.99 Å². The number of ether oxygens (including phenoxy) is 1. The van der Waals surface area contributed by atoms with Crippen LogP contribution in [0.1, 0.15) is 25.0 Å². The lowest BCUT2D eigenvalue weighted by Crippen LogP contribution is -2.17. The van der Waals surface area contributed by atoms with Gasteiger partial charge in [0.15, 0.2) is 0 Å². The van der Waals surface area contributed by atoms with Gasteiger partial charge in [0.2, 0.25) is 5.90 Å². The van der Waals surface area contributed by atoms with Crippen LogP contribution in [-0.4, -0.2) is 18.0 Å². The Morgan fingerprint density at radius 3 is 2.36 bits per heavy atom. The summed E-state index contributed by atoms with van der Waals surface area (Å²) in [6, 6.07) is 8.25. The van der Waals surface area contributed by atoms with Gasteiger partial charge in [0, 0.05) is 5.56 Å². The van der Waals surface area contributed by atoms with Gasteiger partial charge in [-0.3, -0.25) is 0 Å². The van der Waals surface area contributed by atoms with E-state index >= 15 is 0 Å². The van der Waals surface area contributed by atoms with Gasteiger partial charge in [-0.25, -0.2) is 4.99 Å². The first-order valence-corrected chi connectivity index (χ1v) is 4.86. The molecule has 0 saturated carbocycles. The van der Waals surface area contributed by atoms with E-state index in [1.807, 2.05) is 0 Å². The van der Waals surface area contributed by atoms with Gasteiger partial charge in [-0.15, -0.1) is 0 Å². The lowest BCUT2D eigenvalue weighted by molar-refractivity contribution is 0.279. The highest BCUT2D eigenvalue weighted by Gasteiger charge is 2.26. The minimum absolute atomic E-state index is 0.0692. The van der Waals surface area contributed by atoms with Crippen molar-refractivity contribution in [1.82, 2.24) is 0 Å². The molecule has 0 aliphatic carbocycles. The van der Waals surface area contributed by atoms with Gasteiger partial charge in [-0.2, -0.15) is 0 Å². The summed E-state index contributed by atoms with van der Waals surface area (Å²) >= 11 is 0. The van der Waals surface area contributed by atoms with Crippen LogP contribution in [0, 0.1) is 6.92 Å². The highest BCUT2D eigenvalue weighted by molar-refractivity contribution is 5.95. The third-order valence-electron chi connectivity index (χ3n) is 2.26. The van der Waals surface area contributed by atoms with E-state index in [0.717, 1.165) is 11.5 Å². The van der Waals surface area contributed by atoms with Gasteiger partial charge in [0.25, 0.3) is 0 Å². The third-order valence-corrected chi connectivity index (χ3v) is 2.26. The molecule has 0 N–H and O–H groups in total. The molecule has 0 bridgehead atoms. The maximum atomic E-state index is 5.54. The molecule has 1 aromatic rings. The summed E-state index contributed by atoms with van der Waals surface area (Å²) in [6.45, 7) is 6.91. The molecule has 0 spiro atoms. The summed E-state index contributed by atoms with van der Waals surface area (Å²) in [5.74, 6) is 0.773. The van der Waals surface area contributed by atoms with Gasteiger partial charge in [0.1, 0.15) is 6.61 Å². The van der Waals surface area contributed by atoms with Crippen LogP contribution in [0.15, 0.2) is 29.3 Å². The SMILES string of the molecule is Cc1ccc(C2=NC(C)(C)CO2)cc1. The van der Waals surface area contributed by atoms with E-state index in [4.69, 9.17) is 4.74 Å². The summed E-state index contributed by atoms with van der Waals surface area (Å²) < 4.78 is 5.54. The predicted molar refractivity (Wildman–Crippen MR) is 57.7 cm³/mol. The fraction of sp³-hybridized carbons (Fsp3) is 0.417. The first-order valence-electron chi connectivity index (χ1n) is 4.86. The van der Waals surface area contributed by atoms with Crippen LogP contribution in [0.4, 0.5) is 0 Å². The fourth-order valence-electron chi connectivity index (χ4n) is 1.43. The topological polar surface area (TPSA) is 21.6 Å². The highest BCUT2D eigenvalue weighted by Crippen LogP contribution is 2.20. The molecular formula is C12H15NO. The van der Waals surface area contributed by atoms with E-state index in [0.29, 0.717) is 6.61 Å². The van der Waals surface area contributed by atoms with Crippen molar-refractivity contribution in [2.75, 3.05) is 6.61 Å². The molecule has 1 aliphatic heterocycles. The van der Waals surface area contributed by atoms with Crippen molar-refractivity contribution in [1.29, 1.82) is 0 Å². The molecule has 1 aliphatic rings. The minimum Gasteiger partial charge on any atom is -0.475 e. The molecule has 0 atom stereocenters. The Kier molecular flexibility index (Phi) is 2.06. The van der Waals surface area contributed by atoms with E-state index in [1.54, 1.807) is 0 Å². The summed E-state index contributed by atoms with van der Waals surface area (Å²) in [4.78, 5) is 4.51. The second-order valence-electron chi connectivity index (χ2n) is 4.38. The van der Waals surface area contributed by atoms with E-state index in [-0.39, 0.29) is 5.54 Å². The molecule has 0 radical (unpaired) electrons. The average molecular weight is 189 g/mol. The minimum atomic E-state index is -0.0692. The monoisotopic (exact) mass is 189 g/mol. The smallest absolute Gasteiger partial charge is 0.216 e. The third kappa shape index (κ3) is 1.79. The summed E-state index contributed by atoms with van der Waals surface area (Å²) in [5, 5.41) is 0. The van der Waals surface area contributed by atoms with E-state index in [2.05, 4.69) is 50.0 Å². The maximum absolute atomic E-state index is 5.54. The number of rotatable bonds is 1. The molecule has 0 amide bonds. The Hall–Kier alpha value is -1.31. The van der Waals surface area contributed by atoms with Crippen molar-refractivity contribution in [3.05, 3.63) is 35.4 Å². The number of aliphatic imine (C=N–C) groups is 1. The quantitative estimate of drug-likeness (QED) is 0.665. The largest absolute Gasteiger partial charge is 0.475 e. The number of nitrogens with zero attached hydrogens (tertiary/aromatic N) is 1. The van der Waals surface area contributed by atoms with Crippen LogP contribution in [0.3, 0.4) is 0 Å². The van der Waals surface area contributed by atoms with Crippen molar-refractivity contribution >= 4 is 5.90 Å². The Bertz CT molecular complexity index is 362. The molecule has 0 unspecified atom stereocenters. The molecule has 1 heterocycles. The molecule has 2 rings (SSSR count). The Morgan fingerprint density at radius 1 is 1.21 bits per heavy atom. The van der Waals surface area contributed by atoms with Crippen LogP contribution in [0.5, 0.6) is 0 Å². The van der Waals surface area contributed by atoms with Crippen LogP contribution >= 0.6 is 0 Å². The molecule has 1 aromatic carbocycles. The zero-order valence-electron chi connectivity index (χ0n) is 8.87. The van der Waals surface area contributed by atoms with Gasteiger partial charge < -0.3 is 4.74 Å². The van der Waals surface area contributed by atoms with Gasteiger partial charge in [0.05, 0.1) is 5.54 Å². The van der Waals surface area contributed by atoms with Crippen molar-refractivity contribution in [2.45, 2.75) is 26.3 Å². The maximum Gasteiger partial charge on any atom is 0.216 e. The molecule has 14 heavy (non-hydrogen) atoms. The Labute approximate surface area is 84.6 Å². The number of hydrogen-bond acceptors (Lipinski definition) is 2. The molecule has 2 nitrogen and oxygen atoms in total. The summed E-state index contributed by atoms with van der Waals surface area (Å²) in [6.07, 6.45) is 0. The summed E-state index contributed by atoms with van der Waals surface area (Å²) in [7, 11) is 0. The number of benzene rings is 1. The standard InChI is InChI=1S/C12H15NO/c1-9-4-6-10(7-5-9)11-13-12(2,3)8-14-11/h4-7H,8H2,1-3H3. The molecule has 0 saturated heterocycles. The van der Waals surface area contributed by atoms with E-state index in [9.17, 15) is 0 Å². The lowest BCUT2D eigenvalue weighted by atomic mass is 10.1. The van der Waals surface area contributed by atoms with E-state index in [1.165, 1.54) is 5.56 Å². The molecule has 74 valence electrons. The highest BCUT2D eigenvalue weighted by atomic mass is 16.5. The lowest BCUT2D eigenvalue weighted by Gasteiger charge is -2.07. The van der Waals surface area contributed by atoms with Gasteiger partial charge in [-0.05, 0) is 32.9 Å². The molecular weight excluding hydrogens is 174 g/mol. The fourth-order valence-corrected chi connectivity index (χ4v) is 1.43. The van der Waals surface area contributed by atoms with Crippen LogP contribution in [-0.2, 0) is 4.74 Å². The normalized spacial score (nSPS) is 18.9. The van der Waals surface area contributed by atoms with Crippen LogP contribution in [0.25, 0.3) is 0 Å². The van der Waals surface area contributed by atoms with Crippen LogP contribution in [0.2, 0.25) is 0 Å². The zero-order chi connectivity index (χ0) is 10.2. The average Bonchev–Trinajstić information content (AvgIpc) is 2.47. The van der Waals surface area contributed by atoms with Crippen molar-refractivity contribution in [3.8, 4) is 0 Å². The molecule has 2 heteroatoms. The zero-order valence-corrected chi connectivity index (χ0v) is 8.87. The Balaban J connectivity index is 2.29. The van der Waals surface area contributed by atoms with E-state index < -0.39 is 0 Å². The summed E-state index contributed by atoms with van der Waals surface area (Å²) in [5.41, 5.74) is 2.26. The van der Waals surface area contributed by atoms with Crippen LogP contribution < -0.4 is 0 Å². The first-order chi connectivity index (χ1) is 6.57. The molecule has 0 aromatic heterocycles. The molecule has 0 fully saturated rings.